The Kier molecular flexibility index (Phi) is 6.88. The Labute approximate surface area is 330 Å². The zero-order valence-corrected chi connectivity index (χ0v) is 31.4. The fraction of sp³-hybridized carbons (Fsp3) is 0.0182. The van der Waals surface area contributed by atoms with Crippen LogP contribution in [0.3, 0.4) is 0 Å². The van der Waals surface area contributed by atoms with Crippen LogP contribution >= 0.6 is 0 Å². The van der Waals surface area contributed by atoms with E-state index in [1.165, 1.54) is 109 Å². The van der Waals surface area contributed by atoms with Gasteiger partial charge in [0.15, 0.2) is 0 Å². The minimum Gasteiger partial charge on any atom is -0.309 e. The van der Waals surface area contributed by atoms with E-state index in [1.807, 2.05) is 0 Å². The quantitative estimate of drug-likeness (QED) is 0.160. The molecule has 2 heteroatoms. The van der Waals surface area contributed by atoms with Gasteiger partial charge in [0.1, 0.15) is 0 Å². The lowest BCUT2D eigenvalue weighted by atomic mass is 9.85. The summed E-state index contributed by atoms with van der Waals surface area (Å²) in [5.41, 5.74) is 13.4. The highest BCUT2D eigenvalue weighted by Gasteiger charge is 2.21. The normalized spacial score (nSPS) is 11.9. The van der Waals surface area contributed by atoms with E-state index < -0.39 is 0 Å². The second-order valence-corrected chi connectivity index (χ2v) is 15.3. The molecule has 0 N–H and O–H groups in total. The molecule has 0 spiro atoms. The Balaban J connectivity index is 1.11. The average Bonchev–Trinajstić information content (AvgIpc) is 3.79. The standard InChI is InChI=1S/C55H36N2/c1-35-14-13-15-37(34-35)41-31-30-40(52-45-21-7-5-18-42(45)43-19-6-8-22-46(43)53(41)52)36-26-28-39(29-27-36)56-50-25-12-10-23-48(50)54-51(56)33-32-47-44-20-9-11-24-49(44)57(55(47)54)38-16-3-2-4-17-38/h2-34H,1H3. The van der Waals surface area contributed by atoms with Crippen LogP contribution in [0, 0.1) is 6.92 Å². The van der Waals surface area contributed by atoms with Crippen molar-refractivity contribution in [2.45, 2.75) is 6.92 Å². The SMILES string of the molecule is Cc1cccc(-c2ccc(-c3ccc(-n4c5ccccc5c5c4ccc4c6ccccc6n(-c6ccccc6)c45)cc3)c3c4ccccc4c4ccccc4c23)c1. The first-order valence-electron chi connectivity index (χ1n) is 19.8. The van der Waals surface area contributed by atoms with E-state index in [1.54, 1.807) is 0 Å². The van der Waals surface area contributed by atoms with E-state index in [0.717, 1.165) is 5.69 Å². The van der Waals surface area contributed by atoms with Gasteiger partial charge in [0, 0.05) is 32.9 Å². The van der Waals surface area contributed by atoms with Crippen LogP contribution in [0.4, 0.5) is 0 Å². The molecule has 0 bridgehead atoms. The first-order valence-corrected chi connectivity index (χ1v) is 19.8. The highest BCUT2D eigenvalue weighted by molar-refractivity contribution is 6.31. The van der Waals surface area contributed by atoms with Crippen molar-refractivity contribution in [1.82, 2.24) is 9.13 Å². The zero-order chi connectivity index (χ0) is 37.6. The molecule has 0 atom stereocenters. The first-order chi connectivity index (χ1) is 28.2. The number of rotatable bonds is 4. The summed E-state index contributed by atoms with van der Waals surface area (Å²) in [7, 11) is 0. The van der Waals surface area contributed by atoms with E-state index in [4.69, 9.17) is 0 Å². The minimum absolute atomic E-state index is 1.14. The number of hydrogen-bond acceptors (Lipinski definition) is 0. The van der Waals surface area contributed by atoms with Crippen LogP contribution in [0.25, 0.3) is 110 Å². The van der Waals surface area contributed by atoms with E-state index in [9.17, 15) is 0 Å². The molecule has 57 heavy (non-hydrogen) atoms. The van der Waals surface area contributed by atoms with Crippen LogP contribution < -0.4 is 0 Å². The molecule has 2 heterocycles. The van der Waals surface area contributed by atoms with Crippen LogP contribution in [-0.4, -0.2) is 9.13 Å². The fourth-order valence-electron chi connectivity index (χ4n) is 9.75. The van der Waals surface area contributed by atoms with Crippen LogP contribution in [0.15, 0.2) is 200 Å². The molecule has 0 fully saturated rings. The number of hydrogen-bond donors (Lipinski definition) is 0. The molecule has 2 aromatic heterocycles. The van der Waals surface area contributed by atoms with Gasteiger partial charge in [-0.05, 0) is 104 Å². The van der Waals surface area contributed by atoms with Crippen molar-refractivity contribution in [3.8, 4) is 33.6 Å². The van der Waals surface area contributed by atoms with Gasteiger partial charge < -0.3 is 9.13 Å². The van der Waals surface area contributed by atoms with Gasteiger partial charge in [-0.2, -0.15) is 0 Å². The average molecular weight is 725 g/mol. The lowest BCUT2D eigenvalue weighted by Gasteiger charge is -2.18. The van der Waals surface area contributed by atoms with Crippen molar-refractivity contribution in [1.29, 1.82) is 0 Å². The monoisotopic (exact) mass is 724 g/mol. The molecule has 0 unspecified atom stereocenters. The third-order valence-electron chi connectivity index (χ3n) is 12.1. The molecule has 12 rings (SSSR count). The zero-order valence-electron chi connectivity index (χ0n) is 31.4. The van der Waals surface area contributed by atoms with E-state index in [0.29, 0.717) is 0 Å². The Morgan fingerprint density at radius 2 is 0.842 bits per heavy atom. The summed E-state index contributed by atoms with van der Waals surface area (Å²) in [4.78, 5) is 0. The summed E-state index contributed by atoms with van der Waals surface area (Å²) in [5.74, 6) is 0. The Morgan fingerprint density at radius 3 is 1.51 bits per heavy atom. The Bertz CT molecular complexity index is 3570. The van der Waals surface area contributed by atoms with Crippen LogP contribution in [0.1, 0.15) is 5.56 Å². The molecule has 0 saturated heterocycles. The largest absolute Gasteiger partial charge is 0.309 e. The fourth-order valence-corrected chi connectivity index (χ4v) is 9.75. The lowest BCUT2D eigenvalue weighted by molar-refractivity contribution is 1.17. The van der Waals surface area contributed by atoms with Crippen molar-refractivity contribution >= 4 is 75.9 Å². The van der Waals surface area contributed by atoms with E-state index in [-0.39, 0.29) is 0 Å². The molecule has 0 aliphatic rings. The Morgan fingerprint density at radius 1 is 0.298 bits per heavy atom. The Hall–Kier alpha value is -7.42. The van der Waals surface area contributed by atoms with Crippen molar-refractivity contribution in [2.24, 2.45) is 0 Å². The predicted octanol–water partition coefficient (Wildman–Crippen LogP) is 15.0. The summed E-state index contributed by atoms with van der Waals surface area (Å²) in [5, 5.41) is 12.8. The number of nitrogens with zero attached hydrogens (tertiary/aromatic N) is 2. The molecule has 0 amide bonds. The first kappa shape index (κ1) is 31.9. The maximum Gasteiger partial charge on any atom is 0.0641 e. The van der Waals surface area contributed by atoms with E-state index >= 15 is 0 Å². The van der Waals surface area contributed by atoms with Gasteiger partial charge in [-0.25, -0.2) is 0 Å². The van der Waals surface area contributed by atoms with E-state index in [2.05, 4.69) is 216 Å². The van der Waals surface area contributed by atoms with Gasteiger partial charge in [0.25, 0.3) is 0 Å². The predicted molar refractivity (Wildman–Crippen MR) is 243 cm³/mol. The highest BCUT2D eigenvalue weighted by atomic mass is 15.0. The number of fused-ring (bicyclic) bond motifs is 13. The lowest BCUT2D eigenvalue weighted by Crippen LogP contribution is -1.95. The molecule has 10 aromatic carbocycles. The van der Waals surface area contributed by atoms with Crippen LogP contribution in [-0.2, 0) is 0 Å². The second kappa shape index (κ2) is 12.3. The van der Waals surface area contributed by atoms with Crippen LogP contribution in [0.5, 0.6) is 0 Å². The minimum atomic E-state index is 1.14. The molecule has 0 saturated carbocycles. The maximum absolute atomic E-state index is 2.45. The molecule has 12 aromatic rings. The third kappa shape index (κ3) is 4.65. The summed E-state index contributed by atoms with van der Waals surface area (Å²) >= 11 is 0. The molecule has 0 aliphatic carbocycles. The number of aryl methyl sites for hydroxylation is 1. The van der Waals surface area contributed by atoms with Gasteiger partial charge in [-0.15, -0.1) is 0 Å². The topological polar surface area (TPSA) is 9.86 Å². The van der Waals surface area contributed by atoms with Gasteiger partial charge in [-0.3, -0.25) is 0 Å². The number of aromatic nitrogens is 2. The smallest absolute Gasteiger partial charge is 0.0641 e. The summed E-state index contributed by atoms with van der Waals surface area (Å²) in [6, 6.07) is 73.8. The molecule has 0 radical (unpaired) electrons. The van der Waals surface area contributed by atoms with Crippen LogP contribution in [0.2, 0.25) is 0 Å². The molecular formula is C55H36N2. The number of para-hydroxylation sites is 3. The molecule has 0 aliphatic heterocycles. The third-order valence-corrected chi connectivity index (χ3v) is 12.1. The van der Waals surface area contributed by atoms with Gasteiger partial charge in [-0.1, -0.05) is 163 Å². The molecular weight excluding hydrogens is 689 g/mol. The van der Waals surface area contributed by atoms with Crippen molar-refractivity contribution in [3.63, 3.8) is 0 Å². The second-order valence-electron chi connectivity index (χ2n) is 15.3. The molecule has 2 nitrogen and oxygen atoms in total. The van der Waals surface area contributed by atoms with Gasteiger partial charge in [0.2, 0.25) is 0 Å². The summed E-state index contributed by atoms with van der Waals surface area (Å²) in [6.45, 7) is 2.18. The summed E-state index contributed by atoms with van der Waals surface area (Å²) < 4.78 is 4.90. The maximum atomic E-state index is 2.45. The van der Waals surface area contributed by atoms with Crippen molar-refractivity contribution in [3.05, 3.63) is 206 Å². The summed E-state index contributed by atoms with van der Waals surface area (Å²) in [6.07, 6.45) is 0. The number of benzene rings is 10. The van der Waals surface area contributed by atoms with Crippen molar-refractivity contribution < 1.29 is 0 Å². The van der Waals surface area contributed by atoms with Gasteiger partial charge in [0.05, 0.1) is 22.1 Å². The van der Waals surface area contributed by atoms with Gasteiger partial charge >= 0.3 is 0 Å². The molecule has 266 valence electrons. The highest BCUT2D eigenvalue weighted by Crippen LogP contribution is 2.46. The van der Waals surface area contributed by atoms with Crippen molar-refractivity contribution in [2.75, 3.05) is 0 Å².